The molecule has 0 aromatic carbocycles. The fourth-order valence-electron chi connectivity index (χ4n) is 3.38. The smallest absolute Gasteiger partial charge is 0.265 e. The van der Waals surface area contributed by atoms with Gasteiger partial charge in [-0.2, -0.15) is 0 Å². The van der Waals surface area contributed by atoms with E-state index in [2.05, 4.69) is 16.8 Å². The Balaban J connectivity index is 1.65. The molecule has 0 saturated carbocycles. The molecule has 0 unspecified atom stereocenters. The summed E-state index contributed by atoms with van der Waals surface area (Å²) in [7, 11) is 0. The zero-order valence-corrected chi connectivity index (χ0v) is 14.6. The third-order valence-electron chi connectivity index (χ3n) is 4.91. The highest BCUT2D eigenvalue weighted by Gasteiger charge is 2.25. The Morgan fingerprint density at radius 3 is 2.55 bits per heavy atom. The lowest BCUT2D eigenvalue weighted by atomic mass is 9.99. The maximum absolute atomic E-state index is 12.7. The summed E-state index contributed by atoms with van der Waals surface area (Å²) in [6.07, 6.45) is 6.20. The lowest BCUT2D eigenvalue weighted by Gasteiger charge is -2.30. The maximum atomic E-state index is 12.7. The van der Waals surface area contributed by atoms with Crippen molar-refractivity contribution in [1.82, 2.24) is 14.8 Å². The van der Waals surface area contributed by atoms with E-state index in [1.807, 2.05) is 11.8 Å². The second-order valence-corrected chi connectivity index (χ2v) is 7.92. The Morgan fingerprint density at radius 2 is 1.86 bits per heavy atom. The average Bonchev–Trinajstić information content (AvgIpc) is 2.89. The minimum Gasteiger partial charge on any atom is -0.338 e. The summed E-state index contributed by atoms with van der Waals surface area (Å²) in [5.41, 5.74) is 0.917. The van der Waals surface area contributed by atoms with Crippen LogP contribution in [-0.2, 0) is 6.54 Å². The summed E-state index contributed by atoms with van der Waals surface area (Å²) in [5.74, 6) is 0.952. The molecule has 3 heterocycles. The van der Waals surface area contributed by atoms with Crippen molar-refractivity contribution in [3.05, 3.63) is 15.6 Å². The number of aromatic nitrogens is 1. The van der Waals surface area contributed by atoms with Crippen molar-refractivity contribution in [2.24, 2.45) is 5.92 Å². The van der Waals surface area contributed by atoms with E-state index in [1.54, 1.807) is 11.3 Å². The summed E-state index contributed by atoms with van der Waals surface area (Å²) in [6, 6.07) is 0. The molecule has 2 fully saturated rings. The van der Waals surface area contributed by atoms with Gasteiger partial charge in [-0.25, -0.2) is 4.98 Å². The predicted molar refractivity (Wildman–Crippen MR) is 90.3 cm³/mol. The van der Waals surface area contributed by atoms with Gasteiger partial charge in [0.25, 0.3) is 5.91 Å². The monoisotopic (exact) mass is 321 g/mol. The van der Waals surface area contributed by atoms with Gasteiger partial charge in [0.05, 0.1) is 12.2 Å². The molecule has 0 aliphatic carbocycles. The topological polar surface area (TPSA) is 36.4 Å². The average molecular weight is 321 g/mol. The number of piperidine rings is 2. The highest BCUT2D eigenvalue weighted by molar-refractivity contribution is 7.13. The highest BCUT2D eigenvalue weighted by atomic mass is 32.1. The van der Waals surface area contributed by atoms with Gasteiger partial charge >= 0.3 is 0 Å². The Bertz CT molecular complexity index is 514. The first-order valence-electron chi connectivity index (χ1n) is 8.61. The first kappa shape index (κ1) is 15.9. The van der Waals surface area contributed by atoms with Gasteiger partial charge in [-0.1, -0.05) is 13.3 Å². The van der Waals surface area contributed by atoms with E-state index in [1.165, 1.54) is 32.4 Å². The van der Waals surface area contributed by atoms with Gasteiger partial charge in [0.2, 0.25) is 0 Å². The minimum atomic E-state index is 0.201. The summed E-state index contributed by atoms with van der Waals surface area (Å²) in [6.45, 7) is 9.32. The van der Waals surface area contributed by atoms with Crippen LogP contribution < -0.4 is 0 Å². The zero-order valence-electron chi connectivity index (χ0n) is 13.8. The molecule has 2 aliphatic heterocycles. The van der Waals surface area contributed by atoms with Crippen molar-refractivity contribution in [1.29, 1.82) is 0 Å². The highest BCUT2D eigenvalue weighted by Crippen LogP contribution is 2.25. The van der Waals surface area contributed by atoms with Crippen molar-refractivity contribution in [3.8, 4) is 0 Å². The molecule has 1 aromatic heterocycles. The Kier molecular flexibility index (Phi) is 5.14. The molecule has 0 bridgehead atoms. The Labute approximate surface area is 137 Å². The molecule has 2 aliphatic rings. The van der Waals surface area contributed by atoms with Crippen LogP contribution in [-0.4, -0.2) is 46.9 Å². The zero-order chi connectivity index (χ0) is 15.5. The molecule has 0 N–H and O–H groups in total. The molecule has 0 radical (unpaired) electrons. The number of amides is 1. The van der Waals surface area contributed by atoms with Gasteiger partial charge in [0, 0.05) is 13.1 Å². The lowest BCUT2D eigenvalue weighted by molar-refractivity contribution is 0.0701. The normalized spacial score (nSPS) is 21.3. The van der Waals surface area contributed by atoms with E-state index >= 15 is 0 Å². The predicted octanol–water partition coefficient (Wildman–Crippen LogP) is 3.31. The molecule has 3 rings (SSSR count). The van der Waals surface area contributed by atoms with E-state index in [9.17, 15) is 4.79 Å². The number of aryl methyl sites for hydroxylation is 1. The third kappa shape index (κ3) is 3.69. The number of hydrogen-bond donors (Lipinski definition) is 0. The largest absolute Gasteiger partial charge is 0.338 e. The molecule has 1 aromatic rings. The van der Waals surface area contributed by atoms with E-state index in [0.717, 1.165) is 54.0 Å². The van der Waals surface area contributed by atoms with Crippen LogP contribution in [0.25, 0.3) is 0 Å². The van der Waals surface area contributed by atoms with Gasteiger partial charge in [0.15, 0.2) is 0 Å². The summed E-state index contributed by atoms with van der Waals surface area (Å²) >= 11 is 1.61. The second kappa shape index (κ2) is 7.09. The van der Waals surface area contributed by atoms with E-state index in [4.69, 9.17) is 0 Å². The van der Waals surface area contributed by atoms with Crippen LogP contribution in [0.1, 0.15) is 59.4 Å². The fourth-order valence-corrected chi connectivity index (χ4v) is 4.46. The number of nitrogens with zero attached hydrogens (tertiary/aromatic N) is 3. The Morgan fingerprint density at radius 1 is 1.18 bits per heavy atom. The van der Waals surface area contributed by atoms with Crippen LogP contribution in [0.4, 0.5) is 0 Å². The van der Waals surface area contributed by atoms with Crippen LogP contribution in [0.3, 0.4) is 0 Å². The molecule has 0 atom stereocenters. The lowest BCUT2D eigenvalue weighted by Crippen LogP contribution is -2.37. The summed E-state index contributed by atoms with van der Waals surface area (Å²) in [4.78, 5) is 22.7. The number of thiazole rings is 1. The SMILES string of the molecule is Cc1nc(CN2CCCCC2)sc1C(=O)N1CCC(C)CC1. The molecule has 5 heteroatoms. The standard InChI is InChI=1S/C17H27N3OS/c1-13-6-10-20(11-7-13)17(21)16-14(2)18-15(22-16)12-19-8-4-3-5-9-19/h13H,3-12H2,1-2H3. The van der Waals surface area contributed by atoms with Gasteiger partial charge < -0.3 is 4.90 Å². The summed E-state index contributed by atoms with van der Waals surface area (Å²) in [5, 5.41) is 1.10. The van der Waals surface area contributed by atoms with Gasteiger partial charge in [-0.05, 0) is 51.6 Å². The third-order valence-corrected chi connectivity index (χ3v) is 6.04. The van der Waals surface area contributed by atoms with E-state index in [-0.39, 0.29) is 5.91 Å². The van der Waals surface area contributed by atoms with Crippen LogP contribution in [0.2, 0.25) is 0 Å². The number of hydrogen-bond acceptors (Lipinski definition) is 4. The molecular formula is C17H27N3OS. The van der Waals surface area contributed by atoms with Crippen molar-refractivity contribution in [3.63, 3.8) is 0 Å². The molecular weight excluding hydrogens is 294 g/mol. The number of carbonyl (C=O) groups is 1. The maximum Gasteiger partial charge on any atom is 0.265 e. The van der Waals surface area contributed by atoms with Crippen molar-refractivity contribution in [2.45, 2.75) is 52.5 Å². The summed E-state index contributed by atoms with van der Waals surface area (Å²) < 4.78 is 0. The molecule has 2 saturated heterocycles. The van der Waals surface area contributed by atoms with Crippen LogP contribution >= 0.6 is 11.3 Å². The van der Waals surface area contributed by atoms with Gasteiger partial charge in [-0.15, -0.1) is 11.3 Å². The molecule has 22 heavy (non-hydrogen) atoms. The molecule has 122 valence electrons. The van der Waals surface area contributed by atoms with E-state index < -0.39 is 0 Å². The van der Waals surface area contributed by atoms with Crippen LogP contribution in [0, 0.1) is 12.8 Å². The number of rotatable bonds is 3. The molecule has 4 nitrogen and oxygen atoms in total. The van der Waals surface area contributed by atoms with E-state index in [0.29, 0.717) is 0 Å². The quantitative estimate of drug-likeness (QED) is 0.857. The first-order valence-corrected chi connectivity index (χ1v) is 9.43. The number of likely N-dealkylation sites (tertiary alicyclic amines) is 2. The van der Waals surface area contributed by atoms with Crippen molar-refractivity contribution in [2.75, 3.05) is 26.2 Å². The molecule has 1 amide bonds. The Hall–Kier alpha value is -0.940. The van der Waals surface area contributed by atoms with Crippen LogP contribution in [0.15, 0.2) is 0 Å². The minimum absolute atomic E-state index is 0.201. The number of carbonyl (C=O) groups excluding carboxylic acids is 1. The molecule has 0 spiro atoms. The van der Waals surface area contributed by atoms with Crippen LogP contribution in [0.5, 0.6) is 0 Å². The second-order valence-electron chi connectivity index (χ2n) is 6.83. The fraction of sp³-hybridized carbons (Fsp3) is 0.765. The van der Waals surface area contributed by atoms with Crippen molar-refractivity contribution >= 4 is 17.2 Å². The van der Waals surface area contributed by atoms with Gasteiger partial charge in [-0.3, -0.25) is 9.69 Å². The van der Waals surface area contributed by atoms with Crippen molar-refractivity contribution < 1.29 is 4.79 Å². The van der Waals surface area contributed by atoms with Gasteiger partial charge in [0.1, 0.15) is 9.88 Å². The first-order chi connectivity index (χ1) is 10.6.